The lowest BCUT2D eigenvalue weighted by Gasteiger charge is -2.04. The van der Waals surface area contributed by atoms with E-state index in [2.05, 4.69) is 11.7 Å². The van der Waals surface area contributed by atoms with Gasteiger partial charge in [0.15, 0.2) is 6.10 Å². The zero-order valence-corrected chi connectivity index (χ0v) is 6.29. The molecular weight excluding hydrogens is 132 g/mol. The number of carbonyl (C=O) groups is 1. The zero-order chi connectivity index (χ0) is 7.56. The molecule has 0 aliphatic carbocycles. The van der Waals surface area contributed by atoms with E-state index in [1.54, 1.807) is 0 Å². The van der Waals surface area contributed by atoms with E-state index in [9.17, 15) is 4.79 Å². The van der Waals surface area contributed by atoms with E-state index >= 15 is 0 Å². The summed E-state index contributed by atoms with van der Waals surface area (Å²) in [6.45, 7) is 2.74. The van der Waals surface area contributed by atoms with Crippen molar-refractivity contribution in [2.45, 2.75) is 19.4 Å². The Hall–Kier alpha value is -0.570. The SMILES string of the molecule is COC(=O)C1CC(C)CO1. The smallest absolute Gasteiger partial charge is 0.334 e. The maximum Gasteiger partial charge on any atom is 0.334 e. The van der Waals surface area contributed by atoms with Crippen molar-refractivity contribution in [3.63, 3.8) is 0 Å². The van der Waals surface area contributed by atoms with Gasteiger partial charge in [-0.2, -0.15) is 0 Å². The molecule has 2 atom stereocenters. The molecule has 1 heterocycles. The predicted octanol–water partition coefficient (Wildman–Crippen LogP) is 0.584. The van der Waals surface area contributed by atoms with Gasteiger partial charge in [0, 0.05) is 0 Å². The maximum absolute atomic E-state index is 10.8. The van der Waals surface area contributed by atoms with Gasteiger partial charge < -0.3 is 9.47 Å². The standard InChI is InChI=1S/C7H12O3/c1-5-3-6(10-4-5)7(8)9-2/h5-6H,3-4H2,1-2H3. The summed E-state index contributed by atoms with van der Waals surface area (Å²) in [5.74, 6) is 0.244. The first-order chi connectivity index (χ1) is 4.74. The number of hydrogen-bond acceptors (Lipinski definition) is 3. The monoisotopic (exact) mass is 144 g/mol. The molecule has 0 aromatic rings. The van der Waals surface area contributed by atoms with Crippen molar-refractivity contribution in [1.82, 2.24) is 0 Å². The number of ether oxygens (including phenoxy) is 2. The molecule has 0 radical (unpaired) electrons. The molecule has 0 aromatic carbocycles. The summed E-state index contributed by atoms with van der Waals surface area (Å²) >= 11 is 0. The van der Waals surface area contributed by atoms with Crippen molar-refractivity contribution in [3.8, 4) is 0 Å². The summed E-state index contributed by atoms with van der Waals surface area (Å²) in [6, 6.07) is 0. The number of hydrogen-bond donors (Lipinski definition) is 0. The van der Waals surface area contributed by atoms with Gasteiger partial charge in [0.2, 0.25) is 0 Å². The van der Waals surface area contributed by atoms with Crippen molar-refractivity contribution in [2.75, 3.05) is 13.7 Å². The van der Waals surface area contributed by atoms with Crippen LogP contribution in [0.4, 0.5) is 0 Å². The Kier molecular flexibility index (Phi) is 2.27. The van der Waals surface area contributed by atoms with Crippen LogP contribution in [-0.4, -0.2) is 25.8 Å². The summed E-state index contributed by atoms with van der Waals surface area (Å²) in [5.41, 5.74) is 0. The lowest BCUT2D eigenvalue weighted by molar-refractivity contribution is -0.151. The van der Waals surface area contributed by atoms with Gasteiger partial charge in [-0.15, -0.1) is 0 Å². The molecule has 10 heavy (non-hydrogen) atoms. The molecule has 1 aliphatic rings. The average Bonchev–Trinajstić information content (AvgIpc) is 2.34. The first-order valence-corrected chi connectivity index (χ1v) is 3.43. The predicted molar refractivity (Wildman–Crippen MR) is 35.5 cm³/mol. The van der Waals surface area contributed by atoms with Crippen LogP contribution in [0, 0.1) is 5.92 Å². The largest absolute Gasteiger partial charge is 0.467 e. The fourth-order valence-electron chi connectivity index (χ4n) is 1.08. The van der Waals surface area contributed by atoms with E-state index in [0.717, 1.165) is 6.42 Å². The molecule has 3 heteroatoms. The Morgan fingerprint density at radius 2 is 2.40 bits per heavy atom. The third-order valence-electron chi connectivity index (χ3n) is 1.66. The second-order valence-corrected chi connectivity index (χ2v) is 2.69. The molecule has 1 aliphatic heterocycles. The van der Waals surface area contributed by atoms with E-state index in [0.29, 0.717) is 12.5 Å². The van der Waals surface area contributed by atoms with E-state index in [1.165, 1.54) is 7.11 Å². The van der Waals surface area contributed by atoms with E-state index < -0.39 is 0 Å². The summed E-state index contributed by atoms with van der Waals surface area (Å²) in [4.78, 5) is 10.8. The summed E-state index contributed by atoms with van der Waals surface area (Å²) < 4.78 is 9.66. The van der Waals surface area contributed by atoms with Crippen molar-refractivity contribution < 1.29 is 14.3 Å². The average molecular weight is 144 g/mol. The van der Waals surface area contributed by atoms with Crippen molar-refractivity contribution >= 4 is 5.97 Å². The normalized spacial score (nSPS) is 32.2. The van der Waals surface area contributed by atoms with Gasteiger partial charge in [0.05, 0.1) is 13.7 Å². The van der Waals surface area contributed by atoms with Gasteiger partial charge in [0.25, 0.3) is 0 Å². The van der Waals surface area contributed by atoms with Gasteiger partial charge in [0.1, 0.15) is 0 Å². The molecule has 0 N–H and O–H groups in total. The van der Waals surface area contributed by atoms with Gasteiger partial charge in [-0.1, -0.05) is 6.92 Å². The molecule has 2 unspecified atom stereocenters. The van der Waals surface area contributed by atoms with Crippen LogP contribution in [0.2, 0.25) is 0 Å². The second kappa shape index (κ2) is 3.01. The molecule has 1 rings (SSSR count). The maximum atomic E-state index is 10.8. The van der Waals surface area contributed by atoms with Gasteiger partial charge >= 0.3 is 5.97 Å². The highest BCUT2D eigenvalue weighted by molar-refractivity contribution is 5.74. The Balaban J connectivity index is 2.37. The van der Waals surface area contributed by atoms with Gasteiger partial charge in [-0.05, 0) is 12.3 Å². The van der Waals surface area contributed by atoms with E-state index in [4.69, 9.17) is 4.74 Å². The molecular formula is C7H12O3. The Labute approximate surface area is 60.3 Å². The first-order valence-electron chi connectivity index (χ1n) is 3.43. The Morgan fingerprint density at radius 3 is 2.80 bits per heavy atom. The van der Waals surface area contributed by atoms with Crippen LogP contribution in [0.15, 0.2) is 0 Å². The molecule has 58 valence electrons. The molecule has 0 spiro atoms. The topological polar surface area (TPSA) is 35.5 Å². The Morgan fingerprint density at radius 1 is 1.70 bits per heavy atom. The molecule has 3 nitrogen and oxygen atoms in total. The van der Waals surface area contributed by atoms with Crippen LogP contribution >= 0.6 is 0 Å². The number of rotatable bonds is 1. The van der Waals surface area contributed by atoms with E-state index in [1.807, 2.05) is 0 Å². The lowest BCUT2D eigenvalue weighted by Crippen LogP contribution is -2.20. The zero-order valence-electron chi connectivity index (χ0n) is 6.29. The number of carbonyl (C=O) groups excluding carboxylic acids is 1. The van der Waals surface area contributed by atoms with Crippen molar-refractivity contribution in [3.05, 3.63) is 0 Å². The molecule has 0 bridgehead atoms. The minimum absolute atomic E-state index is 0.246. The van der Waals surface area contributed by atoms with Crippen LogP contribution in [0.25, 0.3) is 0 Å². The summed E-state index contributed by atoms with van der Waals surface area (Å²) in [7, 11) is 1.38. The van der Waals surface area contributed by atoms with Crippen LogP contribution in [0.5, 0.6) is 0 Å². The van der Waals surface area contributed by atoms with Gasteiger partial charge in [-0.25, -0.2) is 4.79 Å². The highest BCUT2D eigenvalue weighted by Crippen LogP contribution is 2.19. The van der Waals surface area contributed by atoms with Crippen LogP contribution in [0.1, 0.15) is 13.3 Å². The van der Waals surface area contributed by atoms with Crippen molar-refractivity contribution in [2.24, 2.45) is 5.92 Å². The first kappa shape index (κ1) is 7.54. The molecule has 0 saturated carbocycles. The number of esters is 1. The fraction of sp³-hybridized carbons (Fsp3) is 0.857. The third kappa shape index (κ3) is 1.48. The fourth-order valence-corrected chi connectivity index (χ4v) is 1.08. The van der Waals surface area contributed by atoms with Crippen LogP contribution in [0.3, 0.4) is 0 Å². The third-order valence-corrected chi connectivity index (χ3v) is 1.66. The molecule has 0 amide bonds. The minimum Gasteiger partial charge on any atom is -0.467 e. The minimum atomic E-state index is -0.306. The van der Waals surface area contributed by atoms with Crippen LogP contribution in [-0.2, 0) is 14.3 Å². The van der Waals surface area contributed by atoms with Crippen LogP contribution < -0.4 is 0 Å². The van der Waals surface area contributed by atoms with Crippen molar-refractivity contribution in [1.29, 1.82) is 0 Å². The summed E-state index contributed by atoms with van der Waals surface area (Å²) in [5, 5.41) is 0. The molecule has 1 saturated heterocycles. The van der Waals surface area contributed by atoms with Gasteiger partial charge in [-0.3, -0.25) is 0 Å². The number of methoxy groups -OCH3 is 1. The lowest BCUT2D eigenvalue weighted by atomic mass is 10.1. The van der Waals surface area contributed by atoms with E-state index in [-0.39, 0.29) is 12.1 Å². The molecule has 0 aromatic heterocycles. The summed E-state index contributed by atoms with van der Waals surface area (Å²) in [6.07, 6.45) is 0.493. The highest BCUT2D eigenvalue weighted by Gasteiger charge is 2.28. The highest BCUT2D eigenvalue weighted by atomic mass is 16.6. The Bertz CT molecular complexity index is 133. The quantitative estimate of drug-likeness (QED) is 0.505. The molecule has 1 fully saturated rings. The second-order valence-electron chi connectivity index (χ2n) is 2.69.